The summed E-state index contributed by atoms with van der Waals surface area (Å²) < 4.78 is 4.97. The van der Waals surface area contributed by atoms with E-state index in [0.717, 1.165) is 10.6 Å². The van der Waals surface area contributed by atoms with Crippen LogP contribution in [0.3, 0.4) is 0 Å². The molecular formula is C12H12N2O3S. The first-order valence-corrected chi connectivity index (χ1v) is 6.16. The molecule has 2 heterocycles. The van der Waals surface area contributed by atoms with Crippen molar-refractivity contribution in [3.8, 4) is 11.3 Å². The zero-order valence-electron chi connectivity index (χ0n) is 9.79. The number of carboxylic acids is 1. The third-order valence-electron chi connectivity index (χ3n) is 2.32. The Hall–Kier alpha value is -1.79. The first kappa shape index (κ1) is 12.7. The van der Waals surface area contributed by atoms with Crippen molar-refractivity contribution in [3.63, 3.8) is 0 Å². The topological polar surface area (TPSA) is 72.3 Å². The standard InChI is InChI=1S/C12H12N2O3S/c1-17-6-4-9-14-10(11(18-9)12(15)16)8-3-2-5-13-7-8/h2-3,5,7H,4,6H2,1H3,(H,15,16). The Bertz CT molecular complexity index is 540. The number of ether oxygens (including phenoxy) is 1. The number of aromatic nitrogens is 2. The van der Waals surface area contributed by atoms with Crippen LogP contribution >= 0.6 is 11.3 Å². The number of carbonyl (C=O) groups is 1. The Morgan fingerprint density at radius 3 is 3.00 bits per heavy atom. The predicted molar refractivity (Wildman–Crippen MR) is 67.9 cm³/mol. The average molecular weight is 264 g/mol. The summed E-state index contributed by atoms with van der Waals surface area (Å²) >= 11 is 1.18. The second-order valence-electron chi connectivity index (χ2n) is 3.57. The van der Waals surface area contributed by atoms with Crippen LogP contribution in [0.2, 0.25) is 0 Å². The normalized spacial score (nSPS) is 10.5. The quantitative estimate of drug-likeness (QED) is 0.895. The van der Waals surface area contributed by atoms with Gasteiger partial charge >= 0.3 is 5.97 Å². The molecule has 0 unspecified atom stereocenters. The molecule has 5 nitrogen and oxygen atoms in total. The lowest BCUT2D eigenvalue weighted by Crippen LogP contribution is -1.95. The maximum Gasteiger partial charge on any atom is 0.348 e. The second kappa shape index (κ2) is 5.70. The van der Waals surface area contributed by atoms with E-state index in [1.807, 2.05) is 0 Å². The van der Waals surface area contributed by atoms with Crippen LogP contribution in [0.15, 0.2) is 24.5 Å². The maximum absolute atomic E-state index is 11.2. The molecule has 6 heteroatoms. The lowest BCUT2D eigenvalue weighted by atomic mass is 10.2. The van der Waals surface area contributed by atoms with Crippen LogP contribution in [0.4, 0.5) is 0 Å². The van der Waals surface area contributed by atoms with E-state index in [9.17, 15) is 9.90 Å². The van der Waals surface area contributed by atoms with Crippen LogP contribution < -0.4 is 0 Å². The number of carboxylic acid groups (broad SMARTS) is 1. The van der Waals surface area contributed by atoms with Crippen molar-refractivity contribution in [2.45, 2.75) is 6.42 Å². The van der Waals surface area contributed by atoms with Crippen molar-refractivity contribution in [1.82, 2.24) is 9.97 Å². The van der Waals surface area contributed by atoms with Crippen LogP contribution in [-0.2, 0) is 11.2 Å². The molecule has 0 saturated heterocycles. The zero-order chi connectivity index (χ0) is 13.0. The summed E-state index contributed by atoms with van der Waals surface area (Å²) in [5.41, 5.74) is 1.20. The summed E-state index contributed by atoms with van der Waals surface area (Å²) in [4.78, 5) is 19.8. The van der Waals surface area contributed by atoms with Gasteiger partial charge in [0.1, 0.15) is 4.88 Å². The highest BCUT2D eigenvalue weighted by atomic mass is 32.1. The lowest BCUT2D eigenvalue weighted by Gasteiger charge is -1.97. The number of hydrogen-bond acceptors (Lipinski definition) is 5. The molecule has 0 radical (unpaired) electrons. The summed E-state index contributed by atoms with van der Waals surface area (Å²) in [5.74, 6) is -0.963. The van der Waals surface area contributed by atoms with Gasteiger partial charge in [0, 0.05) is 31.5 Å². The molecule has 0 aliphatic heterocycles. The molecule has 18 heavy (non-hydrogen) atoms. The minimum atomic E-state index is -0.963. The van der Waals surface area contributed by atoms with Gasteiger partial charge in [0.2, 0.25) is 0 Å². The van der Waals surface area contributed by atoms with E-state index >= 15 is 0 Å². The monoisotopic (exact) mass is 264 g/mol. The highest BCUT2D eigenvalue weighted by Gasteiger charge is 2.18. The van der Waals surface area contributed by atoms with E-state index in [1.165, 1.54) is 11.3 Å². The van der Waals surface area contributed by atoms with Gasteiger partial charge in [0.05, 0.1) is 17.3 Å². The number of rotatable bonds is 5. The number of aromatic carboxylic acids is 1. The fourth-order valence-electron chi connectivity index (χ4n) is 1.50. The van der Waals surface area contributed by atoms with Crippen LogP contribution in [-0.4, -0.2) is 34.8 Å². The molecule has 0 aliphatic rings. The largest absolute Gasteiger partial charge is 0.477 e. The molecule has 0 amide bonds. The third kappa shape index (κ3) is 2.72. The van der Waals surface area contributed by atoms with Crippen LogP contribution in [0.25, 0.3) is 11.3 Å². The van der Waals surface area contributed by atoms with E-state index in [4.69, 9.17) is 4.74 Å². The van der Waals surface area contributed by atoms with E-state index < -0.39 is 5.97 Å². The highest BCUT2D eigenvalue weighted by molar-refractivity contribution is 7.14. The van der Waals surface area contributed by atoms with Crippen LogP contribution in [0.5, 0.6) is 0 Å². The van der Waals surface area contributed by atoms with Crippen molar-refractivity contribution in [2.75, 3.05) is 13.7 Å². The molecule has 1 N–H and O–H groups in total. The van der Waals surface area contributed by atoms with Crippen LogP contribution in [0.1, 0.15) is 14.7 Å². The molecule has 0 aliphatic carbocycles. The SMILES string of the molecule is COCCc1nc(-c2cccnc2)c(C(=O)O)s1. The summed E-state index contributed by atoms with van der Waals surface area (Å²) in [6.07, 6.45) is 3.87. The van der Waals surface area contributed by atoms with Crippen molar-refractivity contribution in [2.24, 2.45) is 0 Å². The average Bonchev–Trinajstić information content (AvgIpc) is 2.82. The van der Waals surface area contributed by atoms with Crippen LogP contribution in [0, 0.1) is 0 Å². The van der Waals surface area contributed by atoms with Crippen molar-refractivity contribution < 1.29 is 14.6 Å². The summed E-state index contributed by atoms with van der Waals surface area (Å²) in [7, 11) is 1.60. The molecule has 0 fully saturated rings. The highest BCUT2D eigenvalue weighted by Crippen LogP contribution is 2.28. The molecule has 0 saturated carbocycles. The number of hydrogen-bond donors (Lipinski definition) is 1. The van der Waals surface area contributed by atoms with E-state index in [0.29, 0.717) is 18.7 Å². The molecule has 2 aromatic heterocycles. The molecule has 0 aromatic carbocycles. The molecule has 2 aromatic rings. The fourth-order valence-corrected chi connectivity index (χ4v) is 2.41. The Morgan fingerprint density at radius 2 is 2.39 bits per heavy atom. The molecule has 0 bridgehead atoms. The molecular weight excluding hydrogens is 252 g/mol. The van der Waals surface area contributed by atoms with Crippen molar-refractivity contribution >= 4 is 17.3 Å². The molecule has 0 spiro atoms. The van der Waals surface area contributed by atoms with E-state index in [1.54, 1.807) is 31.6 Å². The lowest BCUT2D eigenvalue weighted by molar-refractivity contribution is 0.0702. The molecule has 94 valence electrons. The van der Waals surface area contributed by atoms with Gasteiger partial charge in [-0.2, -0.15) is 0 Å². The Balaban J connectivity index is 2.39. The maximum atomic E-state index is 11.2. The minimum absolute atomic E-state index is 0.245. The summed E-state index contributed by atoms with van der Waals surface area (Å²) in [6.45, 7) is 0.527. The summed E-state index contributed by atoms with van der Waals surface area (Å²) in [5, 5.41) is 9.94. The van der Waals surface area contributed by atoms with Gasteiger partial charge < -0.3 is 9.84 Å². The zero-order valence-corrected chi connectivity index (χ0v) is 10.6. The van der Waals surface area contributed by atoms with Gasteiger partial charge in [-0.3, -0.25) is 4.98 Å². The van der Waals surface area contributed by atoms with Gasteiger partial charge in [-0.15, -0.1) is 11.3 Å². The first-order valence-electron chi connectivity index (χ1n) is 5.34. The predicted octanol–water partition coefficient (Wildman–Crippen LogP) is 2.09. The fraction of sp³-hybridized carbons (Fsp3) is 0.250. The Morgan fingerprint density at radius 1 is 1.56 bits per heavy atom. The number of pyridine rings is 1. The summed E-state index contributed by atoms with van der Waals surface area (Å²) in [6, 6.07) is 3.56. The van der Waals surface area contributed by atoms with Crippen molar-refractivity contribution in [1.29, 1.82) is 0 Å². The van der Waals surface area contributed by atoms with Gasteiger partial charge in [-0.25, -0.2) is 9.78 Å². The van der Waals surface area contributed by atoms with Gasteiger partial charge in [-0.1, -0.05) is 0 Å². The van der Waals surface area contributed by atoms with E-state index in [-0.39, 0.29) is 4.88 Å². The molecule has 2 rings (SSSR count). The first-order chi connectivity index (χ1) is 8.72. The molecule has 0 atom stereocenters. The van der Waals surface area contributed by atoms with Gasteiger partial charge in [0.15, 0.2) is 0 Å². The van der Waals surface area contributed by atoms with Gasteiger partial charge in [0.25, 0.3) is 0 Å². The number of thiazole rings is 1. The van der Waals surface area contributed by atoms with Crippen molar-refractivity contribution in [3.05, 3.63) is 34.4 Å². The Labute approximate surface area is 108 Å². The third-order valence-corrected chi connectivity index (χ3v) is 3.42. The minimum Gasteiger partial charge on any atom is -0.477 e. The second-order valence-corrected chi connectivity index (χ2v) is 4.66. The van der Waals surface area contributed by atoms with Gasteiger partial charge in [-0.05, 0) is 12.1 Å². The van der Waals surface area contributed by atoms with E-state index in [2.05, 4.69) is 9.97 Å². The number of nitrogens with zero attached hydrogens (tertiary/aromatic N) is 2. The number of methoxy groups -OCH3 is 1. The Kier molecular flexibility index (Phi) is 4.01. The smallest absolute Gasteiger partial charge is 0.348 e.